The molecule has 0 unspecified atom stereocenters. The molecule has 16 heavy (non-hydrogen) atoms. The van der Waals surface area contributed by atoms with E-state index in [9.17, 15) is 18.4 Å². The van der Waals surface area contributed by atoms with Crippen molar-refractivity contribution in [3.8, 4) is 0 Å². The highest BCUT2D eigenvalue weighted by molar-refractivity contribution is 6.09. The zero-order valence-corrected chi connectivity index (χ0v) is 9.09. The van der Waals surface area contributed by atoms with Crippen molar-refractivity contribution in [3.63, 3.8) is 0 Å². The Kier molecular flexibility index (Phi) is 3.88. The van der Waals surface area contributed by atoms with Gasteiger partial charge in [-0.15, -0.1) is 0 Å². The molecule has 0 fully saturated rings. The summed E-state index contributed by atoms with van der Waals surface area (Å²) < 4.78 is 24.0. The summed E-state index contributed by atoms with van der Waals surface area (Å²) in [5.74, 6) is -1.88. The Bertz CT molecular complexity index is 425. The molecule has 0 aromatic heterocycles. The quantitative estimate of drug-likeness (QED) is 0.584. The highest BCUT2D eigenvalue weighted by Gasteiger charge is 2.20. The number of hydrogen-bond acceptors (Lipinski definition) is 2. The third-order valence-electron chi connectivity index (χ3n) is 2.27. The molecule has 1 aromatic rings. The first kappa shape index (κ1) is 12.5. The zero-order chi connectivity index (χ0) is 12.3. The van der Waals surface area contributed by atoms with Crippen molar-refractivity contribution >= 4 is 11.6 Å². The van der Waals surface area contributed by atoms with E-state index in [0.29, 0.717) is 11.1 Å². The summed E-state index contributed by atoms with van der Waals surface area (Å²) in [6.07, 6.45) is -3.81. The number of rotatable bonds is 4. The van der Waals surface area contributed by atoms with Gasteiger partial charge in [-0.3, -0.25) is 9.59 Å². The van der Waals surface area contributed by atoms with Gasteiger partial charge in [0.2, 0.25) is 5.78 Å². The number of benzene rings is 1. The lowest BCUT2D eigenvalue weighted by molar-refractivity contribution is -0.128. The number of hydrogen-bond donors (Lipinski definition) is 0. The van der Waals surface area contributed by atoms with E-state index in [1.54, 1.807) is 26.0 Å². The second-order valence-electron chi connectivity index (χ2n) is 3.69. The molecule has 0 heterocycles. The van der Waals surface area contributed by atoms with Crippen molar-refractivity contribution in [1.82, 2.24) is 0 Å². The molecule has 1 rings (SSSR count). The monoisotopic (exact) mass is 226 g/mol. The van der Waals surface area contributed by atoms with Crippen LogP contribution >= 0.6 is 0 Å². The Morgan fingerprint density at radius 2 is 1.88 bits per heavy atom. The zero-order valence-electron chi connectivity index (χ0n) is 9.09. The molecular weight excluding hydrogens is 214 g/mol. The number of ketones is 2. The maximum atomic E-state index is 12.0. The van der Waals surface area contributed by atoms with E-state index in [0.717, 1.165) is 5.56 Å². The molecule has 0 saturated heterocycles. The van der Waals surface area contributed by atoms with E-state index in [4.69, 9.17) is 0 Å². The molecule has 0 amide bonds. The molecule has 0 aliphatic rings. The molecule has 2 nitrogen and oxygen atoms in total. The highest BCUT2D eigenvalue weighted by atomic mass is 19.3. The summed E-state index contributed by atoms with van der Waals surface area (Å²) >= 11 is 0. The van der Waals surface area contributed by atoms with Gasteiger partial charge in [-0.2, -0.15) is 0 Å². The molecule has 0 spiro atoms. The van der Waals surface area contributed by atoms with Crippen LogP contribution in [-0.2, 0) is 4.79 Å². The normalized spacial score (nSPS) is 10.6. The molecule has 0 aliphatic heterocycles. The molecule has 0 aliphatic carbocycles. The van der Waals surface area contributed by atoms with Crippen LogP contribution in [0.4, 0.5) is 8.78 Å². The average molecular weight is 226 g/mol. The smallest absolute Gasteiger partial charge is 0.294 e. The standard InChI is InChI=1S/C12H12F2O2/c1-7-3-4-8(2)9(5-7)10(15)6-11(16)12(13)14/h3-5,12H,6H2,1-2H3. The van der Waals surface area contributed by atoms with Gasteiger partial charge in [-0.05, 0) is 25.5 Å². The van der Waals surface area contributed by atoms with Crippen LogP contribution in [0.25, 0.3) is 0 Å². The van der Waals surface area contributed by atoms with Crippen LogP contribution < -0.4 is 0 Å². The fraction of sp³-hybridized carbons (Fsp3) is 0.333. The van der Waals surface area contributed by atoms with Crippen LogP contribution in [0.15, 0.2) is 18.2 Å². The van der Waals surface area contributed by atoms with E-state index < -0.39 is 24.4 Å². The van der Waals surface area contributed by atoms with Crippen LogP contribution in [0.3, 0.4) is 0 Å². The highest BCUT2D eigenvalue weighted by Crippen LogP contribution is 2.14. The average Bonchev–Trinajstić information content (AvgIpc) is 2.21. The number of aryl methyl sites for hydroxylation is 2. The molecule has 4 heteroatoms. The largest absolute Gasteiger partial charge is 0.296 e. The number of halogens is 2. The van der Waals surface area contributed by atoms with Crippen molar-refractivity contribution in [2.24, 2.45) is 0 Å². The predicted octanol–water partition coefficient (Wildman–Crippen LogP) is 2.71. The number of alkyl halides is 2. The maximum absolute atomic E-state index is 12.0. The number of Topliss-reactive ketones (excluding diaryl/α,β-unsaturated/α-hetero) is 2. The van der Waals surface area contributed by atoms with Crippen LogP contribution in [0.5, 0.6) is 0 Å². The lowest BCUT2D eigenvalue weighted by Gasteiger charge is -2.05. The van der Waals surface area contributed by atoms with Gasteiger partial charge < -0.3 is 0 Å². The van der Waals surface area contributed by atoms with Gasteiger partial charge in [0.05, 0.1) is 6.42 Å². The Labute approximate surface area is 92.3 Å². The third kappa shape index (κ3) is 2.95. The minimum Gasteiger partial charge on any atom is -0.294 e. The molecule has 1 aromatic carbocycles. The van der Waals surface area contributed by atoms with E-state index in [-0.39, 0.29) is 0 Å². The number of carbonyl (C=O) groups excluding carboxylic acids is 2. The molecule has 0 bridgehead atoms. The Morgan fingerprint density at radius 3 is 2.44 bits per heavy atom. The van der Waals surface area contributed by atoms with Crippen LogP contribution in [0.2, 0.25) is 0 Å². The molecule has 0 radical (unpaired) electrons. The summed E-state index contributed by atoms with van der Waals surface area (Å²) in [4.78, 5) is 22.3. The minimum absolute atomic E-state index is 0.342. The van der Waals surface area contributed by atoms with Gasteiger partial charge in [-0.1, -0.05) is 17.7 Å². The fourth-order valence-electron chi connectivity index (χ4n) is 1.37. The summed E-state index contributed by atoms with van der Waals surface area (Å²) in [7, 11) is 0. The van der Waals surface area contributed by atoms with Crippen LogP contribution in [-0.4, -0.2) is 18.0 Å². The lowest BCUT2D eigenvalue weighted by Crippen LogP contribution is -2.16. The molecule has 0 saturated carbocycles. The van der Waals surface area contributed by atoms with Gasteiger partial charge in [0.1, 0.15) is 0 Å². The van der Waals surface area contributed by atoms with Gasteiger partial charge in [0.25, 0.3) is 6.43 Å². The summed E-state index contributed by atoms with van der Waals surface area (Å²) in [5.41, 5.74) is 1.89. The SMILES string of the molecule is Cc1ccc(C)c(C(=O)CC(=O)C(F)F)c1. The van der Waals surface area contributed by atoms with Crippen LogP contribution in [0, 0.1) is 13.8 Å². The van der Waals surface area contributed by atoms with Crippen molar-refractivity contribution in [2.75, 3.05) is 0 Å². The Balaban J connectivity index is 2.88. The van der Waals surface area contributed by atoms with Gasteiger partial charge in [0.15, 0.2) is 5.78 Å². The van der Waals surface area contributed by atoms with Crippen molar-refractivity contribution in [1.29, 1.82) is 0 Å². The predicted molar refractivity (Wildman–Crippen MR) is 55.9 cm³/mol. The van der Waals surface area contributed by atoms with E-state index >= 15 is 0 Å². The topological polar surface area (TPSA) is 34.1 Å². The van der Waals surface area contributed by atoms with Crippen molar-refractivity contribution < 1.29 is 18.4 Å². The Morgan fingerprint density at radius 1 is 1.25 bits per heavy atom. The van der Waals surface area contributed by atoms with E-state index in [2.05, 4.69) is 0 Å². The summed E-state index contributed by atoms with van der Waals surface area (Å²) in [5, 5.41) is 0. The van der Waals surface area contributed by atoms with Gasteiger partial charge in [-0.25, -0.2) is 8.78 Å². The first-order valence-electron chi connectivity index (χ1n) is 4.83. The first-order chi connectivity index (χ1) is 7.41. The fourth-order valence-corrected chi connectivity index (χ4v) is 1.37. The van der Waals surface area contributed by atoms with Crippen molar-refractivity contribution in [2.45, 2.75) is 26.7 Å². The van der Waals surface area contributed by atoms with E-state index in [1.807, 2.05) is 6.07 Å². The molecule has 0 atom stereocenters. The molecular formula is C12H12F2O2. The van der Waals surface area contributed by atoms with Gasteiger partial charge >= 0.3 is 0 Å². The number of carbonyl (C=O) groups is 2. The first-order valence-corrected chi connectivity index (χ1v) is 4.83. The minimum atomic E-state index is -3.07. The van der Waals surface area contributed by atoms with Crippen LogP contribution in [0.1, 0.15) is 27.9 Å². The lowest BCUT2D eigenvalue weighted by atomic mass is 9.99. The Hall–Kier alpha value is -1.58. The molecule has 86 valence electrons. The van der Waals surface area contributed by atoms with E-state index in [1.165, 1.54) is 0 Å². The summed E-state index contributed by atoms with van der Waals surface area (Å²) in [6.45, 7) is 3.50. The maximum Gasteiger partial charge on any atom is 0.296 e. The van der Waals surface area contributed by atoms with Crippen molar-refractivity contribution in [3.05, 3.63) is 34.9 Å². The summed E-state index contributed by atoms with van der Waals surface area (Å²) in [6, 6.07) is 5.16. The third-order valence-corrected chi connectivity index (χ3v) is 2.27. The molecule has 0 N–H and O–H groups in total. The van der Waals surface area contributed by atoms with Gasteiger partial charge in [0, 0.05) is 5.56 Å². The second-order valence-corrected chi connectivity index (χ2v) is 3.69. The second kappa shape index (κ2) is 4.96.